The van der Waals surface area contributed by atoms with Crippen LogP contribution in [0.15, 0.2) is 42.5 Å². The summed E-state index contributed by atoms with van der Waals surface area (Å²) in [6, 6.07) is 11.2. The highest BCUT2D eigenvalue weighted by atomic mass is 16.6. The van der Waals surface area contributed by atoms with Gasteiger partial charge in [0, 0.05) is 17.4 Å². The molecule has 0 spiro atoms. The molecule has 0 saturated carbocycles. The minimum atomic E-state index is -0.614. The molecule has 9 heteroatoms. The fourth-order valence-corrected chi connectivity index (χ4v) is 2.66. The van der Waals surface area contributed by atoms with Crippen LogP contribution >= 0.6 is 0 Å². The molecular weight excluding hydrogens is 388 g/mol. The smallest absolute Gasteiger partial charge is 0.407 e. The Morgan fingerprint density at radius 3 is 2.47 bits per heavy atom. The van der Waals surface area contributed by atoms with Crippen molar-refractivity contribution in [3.63, 3.8) is 0 Å². The number of anilines is 3. The van der Waals surface area contributed by atoms with Crippen LogP contribution in [0.5, 0.6) is 5.75 Å². The molecule has 162 valence electrons. The first kappa shape index (κ1) is 22.8. The number of alkyl carbamates (subject to hydrolysis) is 1. The Bertz CT molecular complexity index is 870. The fourth-order valence-electron chi connectivity index (χ4n) is 2.66. The van der Waals surface area contributed by atoms with Crippen LogP contribution in [0, 0.1) is 0 Å². The predicted octanol–water partition coefficient (Wildman–Crippen LogP) is 3.48. The van der Waals surface area contributed by atoms with Gasteiger partial charge < -0.3 is 36.3 Å². The molecule has 0 bridgehead atoms. The third kappa shape index (κ3) is 6.56. The van der Waals surface area contributed by atoms with Gasteiger partial charge in [-0.2, -0.15) is 0 Å². The van der Waals surface area contributed by atoms with Gasteiger partial charge in [0.15, 0.2) is 0 Å². The summed E-state index contributed by atoms with van der Waals surface area (Å²) in [5, 5.41) is 17.3. The number of nitrogens with one attached hydrogen (secondary N) is 3. The number of rotatable bonds is 8. The number of aliphatic hydroxyl groups excluding tert-OH is 1. The van der Waals surface area contributed by atoms with E-state index < -0.39 is 18.2 Å². The van der Waals surface area contributed by atoms with E-state index in [0.717, 1.165) is 5.56 Å². The van der Waals surface area contributed by atoms with Crippen molar-refractivity contribution >= 4 is 29.2 Å². The van der Waals surface area contributed by atoms with Crippen molar-refractivity contribution < 1.29 is 24.2 Å². The van der Waals surface area contributed by atoms with Crippen LogP contribution in [0.1, 0.15) is 31.9 Å². The van der Waals surface area contributed by atoms with E-state index in [2.05, 4.69) is 16.0 Å². The molecule has 2 aromatic rings. The first-order chi connectivity index (χ1) is 14.4. The van der Waals surface area contributed by atoms with Crippen molar-refractivity contribution in [2.75, 3.05) is 30.1 Å². The van der Waals surface area contributed by atoms with Gasteiger partial charge in [-0.3, -0.25) is 0 Å². The highest BCUT2D eigenvalue weighted by Gasteiger charge is 2.15. The number of methoxy groups -OCH3 is 1. The summed E-state index contributed by atoms with van der Waals surface area (Å²) >= 11 is 0. The number of benzene rings is 2. The highest BCUT2D eigenvalue weighted by Crippen LogP contribution is 2.25. The van der Waals surface area contributed by atoms with Gasteiger partial charge >= 0.3 is 12.1 Å². The van der Waals surface area contributed by atoms with Crippen LogP contribution in [0.4, 0.5) is 26.7 Å². The van der Waals surface area contributed by atoms with Gasteiger partial charge in [-0.05, 0) is 43.2 Å². The SMILES string of the molecule is CC[C@H](CO)OC(=O)N[C@H](C)c1cccc(NC(=O)Nc2ccc(N)c(OC)c2)c1. The molecule has 3 amide bonds. The van der Waals surface area contributed by atoms with E-state index in [4.69, 9.17) is 20.3 Å². The molecule has 0 heterocycles. The third-order valence-electron chi connectivity index (χ3n) is 4.40. The van der Waals surface area contributed by atoms with E-state index in [-0.39, 0.29) is 12.6 Å². The Balaban J connectivity index is 1.97. The molecule has 0 saturated heterocycles. The average molecular weight is 416 g/mol. The highest BCUT2D eigenvalue weighted by molar-refractivity contribution is 6.00. The number of ether oxygens (including phenoxy) is 2. The van der Waals surface area contributed by atoms with Crippen molar-refractivity contribution in [2.45, 2.75) is 32.4 Å². The number of aliphatic hydroxyl groups is 1. The molecule has 0 aromatic heterocycles. The second-order valence-corrected chi connectivity index (χ2v) is 6.65. The second-order valence-electron chi connectivity index (χ2n) is 6.65. The number of hydrogen-bond donors (Lipinski definition) is 5. The summed E-state index contributed by atoms with van der Waals surface area (Å²) in [6.07, 6.45) is -0.634. The monoisotopic (exact) mass is 416 g/mol. The fraction of sp³-hybridized carbons (Fsp3) is 0.333. The lowest BCUT2D eigenvalue weighted by molar-refractivity contribution is 0.0539. The largest absolute Gasteiger partial charge is 0.495 e. The molecule has 0 aliphatic carbocycles. The van der Waals surface area contributed by atoms with Gasteiger partial charge in [-0.25, -0.2) is 9.59 Å². The summed E-state index contributed by atoms with van der Waals surface area (Å²) in [5.74, 6) is 0.466. The van der Waals surface area contributed by atoms with Crippen molar-refractivity contribution in [2.24, 2.45) is 0 Å². The number of carbonyl (C=O) groups is 2. The van der Waals surface area contributed by atoms with E-state index in [1.165, 1.54) is 7.11 Å². The number of hydrogen-bond acceptors (Lipinski definition) is 6. The van der Waals surface area contributed by atoms with Crippen LogP contribution in [0.25, 0.3) is 0 Å². The second kappa shape index (κ2) is 10.9. The van der Waals surface area contributed by atoms with Gasteiger partial charge in [-0.15, -0.1) is 0 Å². The molecular formula is C21H28N4O5. The van der Waals surface area contributed by atoms with Crippen molar-refractivity contribution in [1.82, 2.24) is 5.32 Å². The van der Waals surface area contributed by atoms with E-state index in [0.29, 0.717) is 29.2 Å². The van der Waals surface area contributed by atoms with Crippen molar-refractivity contribution in [3.8, 4) is 5.75 Å². The minimum absolute atomic E-state index is 0.229. The number of urea groups is 1. The zero-order valence-electron chi connectivity index (χ0n) is 17.3. The maximum absolute atomic E-state index is 12.3. The zero-order valence-corrected chi connectivity index (χ0v) is 17.3. The molecule has 0 unspecified atom stereocenters. The van der Waals surface area contributed by atoms with Gasteiger partial charge in [0.1, 0.15) is 11.9 Å². The van der Waals surface area contributed by atoms with E-state index in [9.17, 15) is 9.59 Å². The summed E-state index contributed by atoms with van der Waals surface area (Å²) in [7, 11) is 1.50. The maximum atomic E-state index is 12.3. The van der Waals surface area contributed by atoms with Crippen LogP contribution in [-0.2, 0) is 4.74 Å². The minimum Gasteiger partial charge on any atom is -0.495 e. The molecule has 0 fully saturated rings. The normalized spacial score (nSPS) is 12.4. The molecule has 0 radical (unpaired) electrons. The Kier molecular flexibility index (Phi) is 8.30. The molecule has 2 rings (SSSR count). The molecule has 2 atom stereocenters. The number of amides is 3. The quantitative estimate of drug-likeness (QED) is 0.418. The molecule has 0 aliphatic rings. The Hall–Kier alpha value is -3.46. The lowest BCUT2D eigenvalue weighted by atomic mass is 10.1. The number of carbonyl (C=O) groups excluding carboxylic acids is 2. The van der Waals surface area contributed by atoms with Crippen molar-refractivity contribution in [3.05, 3.63) is 48.0 Å². The van der Waals surface area contributed by atoms with E-state index >= 15 is 0 Å². The van der Waals surface area contributed by atoms with Gasteiger partial charge in [-0.1, -0.05) is 19.1 Å². The van der Waals surface area contributed by atoms with Crippen LogP contribution in [-0.4, -0.2) is 37.1 Å². The standard InChI is InChI=1S/C21H28N4O5/c1-4-17(12-26)30-21(28)23-13(2)14-6-5-7-15(10-14)24-20(27)25-16-8-9-18(22)19(11-16)29-3/h5-11,13,17,26H,4,12,22H2,1-3H3,(H,23,28)(H2,24,25,27)/t13-,17-/m1/s1. The summed E-state index contributed by atoms with van der Waals surface area (Å²) in [4.78, 5) is 24.3. The first-order valence-electron chi connectivity index (χ1n) is 9.55. The zero-order chi connectivity index (χ0) is 22.1. The Morgan fingerprint density at radius 1 is 1.13 bits per heavy atom. The molecule has 30 heavy (non-hydrogen) atoms. The lowest BCUT2D eigenvalue weighted by Crippen LogP contribution is -2.32. The summed E-state index contributed by atoms with van der Waals surface area (Å²) < 4.78 is 10.3. The third-order valence-corrected chi connectivity index (χ3v) is 4.40. The van der Waals surface area contributed by atoms with Crippen LogP contribution < -0.4 is 26.4 Å². The van der Waals surface area contributed by atoms with E-state index in [1.54, 1.807) is 43.3 Å². The molecule has 2 aromatic carbocycles. The van der Waals surface area contributed by atoms with Gasteiger partial charge in [0.2, 0.25) is 0 Å². The molecule has 0 aliphatic heterocycles. The maximum Gasteiger partial charge on any atom is 0.407 e. The molecule has 6 N–H and O–H groups in total. The molecule has 9 nitrogen and oxygen atoms in total. The Morgan fingerprint density at radius 2 is 1.83 bits per heavy atom. The number of nitrogen functional groups attached to an aromatic ring is 1. The lowest BCUT2D eigenvalue weighted by Gasteiger charge is -2.18. The van der Waals surface area contributed by atoms with Gasteiger partial charge in [0.25, 0.3) is 0 Å². The van der Waals surface area contributed by atoms with Crippen LogP contribution in [0.3, 0.4) is 0 Å². The topological polar surface area (TPSA) is 135 Å². The Labute approximate surface area is 175 Å². The van der Waals surface area contributed by atoms with Crippen LogP contribution in [0.2, 0.25) is 0 Å². The summed E-state index contributed by atoms with van der Waals surface area (Å²) in [6.45, 7) is 3.38. The predicted molar refractivity (Wildman–Crippen MR) is 116 cm³/mol. The van der Waals surface area contributed by atoms with Gasteiger partial charge in [0.05, 0.1) is 25.4 Å². The number of nitrogens with two attached hydrogens (primary N) is 1. The van der Waals surface area contributed by atoms with Crippen molar-refractivity contribution in [1.29, 1.82) is 0 Å². The summed E-state index contributed by atoms with van der Waals surface area (Å²) in [5.41, 5.74) is 8.10. The van der Waals surface area contributed by atoms with E-state index in [1.807, 2.05) is 13.0 Å². The average Bonchev–Trinajstić information content (AvgIpc) is 2.73. The first-order valence-corrected chi connectivity index (χ1v) is 9.55.